The molecule has 0 saturated heterocycles. The molecular formula is C15H19FN2O3. The van der Waals surface area contributed by atoms with Crippen LogP contribution >= 0.6 is 0 Å². The number of carbonyl (C=O) groups excluding carboxylic acids is 2. The van der Waals surface area contributed by atoms with Gasteiger partial charge in [-0.3, -0.25) is 4.79 Å². The Labute approximate surface area is 122 Å². The molecule has 0 aromatic heterocycles. The minimum Gasteiger partial charge on any atom is -0.465 e. The number of nitrogens with one attached hydrogen (secondary N) is 1. The Bertz CT molecular complexity index is 548. The molecule has 2 atom stereocenters. The van der Waals surface area contributed by atoms with Crippen molar-refractivity contribution in [3.63, 3.8) is 0 Å². The monoisotopic (exact) mass is 294 g/mol. The first-order chi connectivity index (χ1) is 10.0. The molecule has 1 aliphatic carbocycles. The van der Waals surface area contributed by atoms with E-state index < -0.39 is 11.8 Å². The molecule has 6 heteroatoms. The summed E-state index contributed by atoms with van der Waals surface area (Å²) in [6.45, 7) is 0. The fourth-order valence-electron chi connectivity index (χ4n) is 2.59. The Balaban J connectivity index is 2.12. The molecule has 1 fully saturated rings. The molecule has 5 nitrogen and oxygen atoms in total. The number of rotatable bonds is 3. The molecule has 1 aromatic rings. The highest BCUT2D eigenvalue weighted by Gasteiger charge is 2.28. The topological polar surface area (TPSA) is 81.4 Å². The highest BCUT2D eigenvalue weighted by Crippen LogP contribution is 2.25. The van der Waals surface area contributed by atoms with Crippen LogP contribution in [0.2, 0.25) is 0 Å². The van der Waals surface area contributed by atoms with Crippen molar-refractivity contribution in [2.45, 2.75) is 31.7 Å². The number of methoxy groups -OCH3 is 1. The molecule has 1 aromatic carbocycles. The number of ether oxygens (including phenoxy) is 1. The molecule has 1 saturated carbocycles. The van der Waals surface area contributed by atoms with Crippen molar-refractivity contribution >= 4 is 17.6 Å². The van der Waals surface area contributed by atoms with E-state index in [1.54, 1.807) is 0 Å². The zero-order chi connectivity index (χ0) is 15.4. The van der Waals surface area contributed by atoms with Gasteiger partial charge in [-0.05, 0) is 31.0 Å². The van der Waals surface area contributed by atoms with E-state index >= 15 is 0 Å². The van der Waals surface area contributed by atoms with Gasteiger partial charge in [0.2, 0.25) is 5.91 Å². The predicted molar refractivity (Wildman–Crippen MR) is 76.3 cm³/mol. The average molecular weight is 294 g/mol. The quantitative estimate of drug-likeness (QED) is 0.836. The Morgan fingerprint density at radius 2 is 2.05 bits per heavy atom. The van der Waals surface area contributed by atoms with Crippen LogP contribution < -0.4 is 11.1 Å². The summed E-state index contributed by atoms with van der Waals surface area (Å²) < 4.78 is 18.0. The van der Waals surface area contributed by atoms with Crippen molar-refractivity contribution < 1.29 is 18.7 Å². The van der Waals surface area contributed by atoms with Crippen LogP contribution in [0.1, 0.15) is 36.0 Å². The summed E-state index contributed by atoms with van der Waals surface area (Å²) in [5, 5.41) is 2.70. The lowest BCUT2D eigenvalue weighted by atomic mass is 9.84. The Morgan fingerprint density at radius 3 is 2.71 bits per heavy atom. The zero-order valence-corrected chi connectivity index (χ0v) is 11.9. The second-order valence-electron chi connectivity index (χ2n) is 5.23. The number of benzene rings is 1. The Morgan fingerprint density at radius 1 is 1.33 bits per heavy atom. The van der Waals surface area contributed by atoms with Gasteiger partial charge in [0.15, 0.2) is 0 Å². The van der Waals surface area contributed by atoms with Gasteiger partial charge in [-0.15, -0.1) is 0 Å². The van der Waals surface area contributed by atoms with E-state index in [0.29, 0.717) is 5.69 Å². The average Bonchev–Trinajstić information content (AvgIpc) is 2.48. The molecule has 114 valence electrons. The molecular weight excluding hydrogens is 275 g/mol. The lowest BCUT2D eigenvalue weighted by molar-refractivity contribution is -0.121. The second kappa shape index (κ2) is 6.67. The minimum absolute atomic E-state index is 0.153. The molecule has 0 aliphatic heterocycles. The summed E-state index contributed by atoms with van der Waals surface area (Å²) in [7, 11) is 1.17. The molecule has 0 heterocycles. The molecule has 1 aliphatic rings. The van der Waals surface area contributed by atoms with E-state index in [1.165, 1.54) is 19.2 Å². The zero-order valence-electron chi connectivity index (χ0n) is 11.9. The minimum atomic E-state index is -0.780. The molecule has 1 amide bonds. The van der Waals surface area contributed by atoms with Crippen molar-refractivity contribution in [2.24, 2.45) is 11.7 Å². The SMILES string of the molecule is COC(=O)c1cc(NC(=O)C2CCCCC2N)ccc1F. The Hall–Kier alpha value is -1.95. The van der Waals surface area contributed by atoms with Gasteiger partial charge in [0, 0.05) is 11.7 Å². The van der Waals surface area contributed by atoms with Gasteiger partial charge in [-0.25, -0.2) is 9.18 Å². The van der Waals surface area contributed by atoms with Gasteiger partial charge in [0.25, 0.3) is 0 Å². The van der Waals surface area contributed by atoms with Crippen LogP contribution in [0, 0.1) is 11.7 Å². The van der Waals surface area contributed by atoms with Crippen LogP contribution in [-0.4, -0.2) is 25.0 Å². The number of anilines is 1. The van der Waals surface area contributed by atoms with Crippen LogP contribution in [0.5, 0.6) is 0 Å². The number of carbonyl (C=O) groups is 2. The van der Waals surface area contributed by atoms with Crippen LogP contribution in [-0.2, 0) is 9.53 Å². The first-order valence-electron chi connectivity index (χ1n) is 6.97. The highest BCUT2D eigenvalue weighted by molar-refractivity contribution is 5.96. The molecule has 3 N–H and O–H groups in total. The van der Waals surface area contributed by atoms with E-state index in [0.717, 1.165) is 31.7 Å². The number of nitrogens with two attached hydrogens (primary N) is 1. The third kappa shape index (κ3) is 3.58. The van der Waals surface area contributed by atoms with Crippen LogP contribution in [0.25, 0.3) is 0 Å². The van der Waals surface area contributed by atoms with E-state index in [-0.39, 0.29) is 23.4 Å². The summed E-state index contributed by atoms with van der Waals surface area (Å²) >= 11 is 0. The summed E-state index contributed by atoms with van der Waals surface area (Å²) in [5.41, 5.74) is 6.12. The van der Waals surface area contributed by atoms with Gasteiger partial charge in [-0.1, -0.05) is 12.8 Å². The number of halogens is 1. The van der Waals surface area contributed by atoms with Crippen LogP contribution in [0.15, 0.2) is 18.2 Å². The lowest BCUT2D eigenvalue weighted by Gasteiger charge is -2.27. The van der Waals surface area contributed by atoms with Crippen LogP contribution in [0.4, 0.5) is 10.1 Å². The fraction of sp³-hybridized carbons (Fsp3) is 0.467. The second-order valence-corrected chi connectivity index (χ2v) is 5.23. The predicted octanol–water partition coefficient (Wildman–Crippen LogP) is 2.07. The molecule has 2 unspecified atom stereocenters. The molecule has 0 bridgehead atoms. The summed E-state index contributed by atoms with van der Waals surface area (Å²) in [5.74, 6) is -1.90. The summed E-state index contributed by atoms with van der Waals surface area (Å²) in [6.07, 6.45) is 3.59. The first kappa shape index (κ1) is 15.4. The maximum atomic E-state index is 13.5. The van der Waals surface area contributed by atoms with Crippen molar-refractivity contribution in [3.8, 4) is 0 Å². The first-order valence-corrected chi connectivity index (χ1v) is 6.97. The number of hydrogen-bond donors (Lipinski definition) is 2. The molecule has 2 rings (SSSR count). The summed E-state index contributed by atoms with van der Waals surface area (Å²) in [4.78, 5) is 23.6. The maximum Gasteiger partial charge on any atom is 0.340 e. The highest BCUT2D eigenvalue weighted by atomic mass is 19.1. The van der Waals surface area contributed by atoms with Gasteiger partial charge in [0.05, 0.1) is 18.6 Å². The van der Waals surface area contributed by atoms with Gasteiger partial charge in [0.1, 0.15) is 5.82 Å². The molecule has 21 heavy (non-hydrogen) atoms. The number of hydrogen-bond acceptors (Lipinski definition) is 4. The van der Waals surface area contributed by atoms with Gasteiger partial charge < -0.3 is 15.8 Å². The summed E-state index contributed by atoms with van der Waals surface area (Å²) in [6, 6.07) is 3.66. The number of esters is 1. The fourth-order valence-corrected chi connectivity index (χ4v) is 2.59. The van der Waals surface area contributed by atoms with Crippen molar-refractivity contribution in [2.75, 3.05) is 12.4 Å². The van der Waals surface area contributed by atoms with Crippen molar-refractivity contribution in [1.82, 2.24) is 0 Å². The third-order valence-electron chi connectivity index (χ3n) is 3.80. The smallest absolute Gasteiger partial charge is 0.340 e. The maximum absolute atomic E-state index is 13.5. The standard InChI is InChI=1S/C15H19FN2O3/c1-21-15(20)11-8-9(6-7-12(11)16)18-14(19)10-4-2-3-5-13(10)17/h6-8,10,13H,2-5,17H2,1H3,(H,18,19). The van der Waals surface area contributed by atoms with E-state index in [1.807, 2.05) is 0 Å². The van der Waals surface area contributed by atoms with E-state index in [4.69, 9.17) is 5.73 Å². The van der Waals surface area contributed by atoms with Gasteiger partial charge in [-0.2, -0.15) is 0 Å². The van der Waals surface area contributed by atoms with Crippen molar-refractivity contribution in [3.05, 3.63) is 29.6 Å². The lowest BCUT2D eigenvalue weighted by Crippen LogP contribution is -2.40. The van der Waals surface area contributed by atoms with E-state index in [2.05, 4.69) is 10.1 Å². The number of amides is 1. The normalized spacial score (nSPS) is 21.7. The third-order valence-corrected chi connectivity index (χ3v) is 3.80. The van der Waals surface area contributed by atoms with Gasteiger partial charge >= 0.3 is 5.97 Å². The molecule has 0 radical (unpaired) electrons. The largest absolute Gasteiger partial charge is 0.465 e. The van der Waals surface area contributed by atoms with Crippen LogP contribution in [0.3, 0.4) is 0 Å². The molecule has 0 spiro atoms. The van der Waals surface area contributed by atoms with E-state index in [9.17, 15) is 14.0 Å². The Kier molecular flexibility index (Phi) is 4.90. The van der Waals surface area contributed by atoms with Crippen molar-refractivity contribution in [1.29, 1.82) is 0 Å².